The van der Waals surface area contributed by atoms with E-state index in [1.165, 1.54) is 32.1 Å². The second kappa shape index (κ2) is 6.76. The van der Waals surface area contributed by atoms with Gasteiger partial charge in [-0.2, -0.15) is 0 Å². The van der Waals surface area contributed by atoms with Crippen molar-refractivity contribution in [2.24, 2.45) is 11.3 Å². The van der Waals surface area contributed by atoms with Crippen LogP contribution < -0.4 is 5.32 Å². The summed E-state index contributed by atoms with van der Waals surface area (Å²) in [5.41, 5.74) is 1.53. The lowest BCUT2D eigenvalue weighted by Crippen LogP contribution is -2.29. The van der Waals surface area contributed by atoms with E-state index < -0.39 is 0 Å². The van der Waals surface area contributed by atoms with Crippen molar-refractivity contribution >= 4 is 5.82 Å². The Labute approximate surface area is 130 Å². The summed E-state index contributed by atoms with van der Waals surface area (Å²) in [7, 11) is 0. The van der Waals surface area contributed by atoms with Crippen molar-refractivity contribution in [2.75, 3.05) is 11.9 Å². The zero-order valence-corrected chi connectivity index (χ0v) is 14.4. The van der Waals surface area contributed by atoms with Crippen molar-refractivity contribution in [1.82, 2.24) is 9.97 Å². The van der Waals surface area contributed by atoms with Crippen molar-refractivity contribution in [3.8, 4) is 0 Å². The molecule has 3 heteroatoms. The number of anilines is 1. The highest BCUT2D eigenvalue weighted by Crippen LogP contribution is 2.43. The first-order valence-electron chi connectivity index (χ1n) is 8.50. The van der Waals surface area contributed by atoms with Gasteiger partial charge in [-0.3, -0.25) is 0 Å². The van der Waals surface area contributed by atoms with Crippen molar-refractivity contribution < 1.29 is 0 Å². The molecule has 21 heavy (non-hydrogen) atoms. The first kappa shape index (κ1) is 16.3. The molecule has 0 aromatic carbocycles. The lowest BCUT2D eigenvalue weighted by molar-refractivity contribution is 0.252. The molecule has 0 aliphatic heterocycles. The Morgan fingerprint density at radius 3 is 2.38 bits per heavy atom. The lowest BCUT2D eigenvalue weighted by Gasteiger charge is -2.31. The normalized spacial score (nSPS) is 17.7. The number of nitrogens with one attached hydrogen (secondary N) is 1. The van der Waals surface area contributed by atoms with Gasteiger partial charge in [-0.15, -0.1) is 0 Å². The Morgan fingerprint density at radius 2 is 1.81 bits per heavy atom. The van der Waals surface area contributed by atoms with Gasteiger partial charge in [0.25, 0.3) is 0 Å². The molecular weight excluding hydrogens is 258 g/mol. The maximum atomic E-state index is 4.68. The van der Waals surface area contributed by atoms with Crippen molar-refractivity contribution in [3.63, 3.8) is 0 Å². The fraction of sp³-hybridized carbons (Fsp3) is 0.778. The maximum Gasteiger partial charge on any atom is 0.133 e. The number of nitrogens with zero attached hydrogens (tertiary/aromatic N) is 2. The van der Waals surface area contributed by atoms with Crippen LogP contribution in [0.15, 0.2) is 6.07 Å². The van der Waals surface area contributed by atoms with Crippen LogP contribution in [0.1, 0.15) is 77.2 Å². The van der Waals surface area contributed by atoms with Gasteiger partial charge < -0.3 is 5.32 Å². The van der Waals surface area contributed by atoms with Gasteiger partial charge in [-0.1, -0.05) is 40.5 Å². The third kappa shape index (κ3) is 4.42. The molecule has 2 rings (SSSR count). The highest BCUT2D eigenvalue weighted by Gasteiger charge is 2.34. The van der Waals surface area contributed by atoms with Crippen molar-refractivity contribution in [3.05, 3.63) is 17.6 Å². The minimum absolute atomic E-state index is 0.376. The van der Waals surface area contributed by atoms with Gasteiger partial charge in [-0.05, 0) is 37.5 Å². The average molecular weight is 289 g/mol. The molecule has 1 saturated carbocycles. The molecule has 0 atom stereocenters. The molecule has 1 aromatic rings. The summed E-state index contributed by atoms with van der Waals surface area (Å²) in [4.78, 5) is 9.21. The molecule has 0 spiro atoms. The van der Waals surface area contributed by atoms with Crippen LogP contribution >= 0.6 is 0 Å². The molecule has 0 amide bonds. The van der Waals surface area contributed by atoms with Gasteiger partial charge in [0, 0.05) is 24.2 Å². The van der Waals surface area contributed by atoms with E-state index in [9.17, 15) is 0 Å². The lowest BCUT2D eigenvalue weighted by atomic mass is 9.78. The van der Waals surface area contributed by atoms with E-state index in [0.717, 1.165) is 29.8 Å². The number of hydrogen-bond acceptors (Lipinski definition) is 3. The fourth-order valence-corrected chi connectivity index (χ4v) is 3.66. The van der Waals surface area contributed by atoms with Crippen LogP contribution in [0.2, 0.25) is 0 Å². The molecule has 118 valence electrons. The van der Waals surface area contributed by atoms with Crippen LogP contribution in [-0.2, 0) is 0 Å². The summed E-state index contributed by atoms with van der Waals surface area (Å²) in [5, 5.41) is 3.62. The fourth-order valence-electron chi connectivity index (χ4n) is 3.66. The van der Waals surface area contributed by atoms with Gasteiger partial charge in [0.15, 0.2) is 0 Å². The molecule has 1 N–H and O–H groups in total. The van der Waals surface area contributed by atoms with Gasteiger partial charge in [0.05, 0.1) is 0 Å². The highest BCUT2D eigenvalue weighted by atomic mass is 15.0. The Bertz CT molecular complexity index is 460. The zero-order chi connectivity index (χ0) is 15.5. The van der Waals surface area contributed by atoms with Crippen LogP contribution in [0.4, 0.5) is 5.82 Å². The minimum atomic E-state index is 0.376. The Balaban J connectivity index is 2.07. The Kier molecular flexibility index (Phi) is 5.23. The molecule has 1 aliphatic rings. The molecule has 1 aromatic heterocycles. The largest absolute Gasteiger partial charge is 0.369 e. The number of hydrogen-bond donors (Lipinski definition) is 1. The van der Waals surface area contributed by atoms with Crippen LogP contribution in [0.3, 0.4) is 0 Å². The molecular formula is C18H31N3. The first-order valence-corrected chi connectivity index (χ1v) is 8.50. The predicted octanol–water partition coefficient (Wildman–Crippen LogP) is 4.93. The van der Waals surface area contributed by atoms with E-state index in [-0.39, 0.29) is 0 Å². The van der Waals surface area contributed by atoms with E-state index in [1.807, 2.05) is 0 Å². The summed E-state index contributed by atoms with van der Waals surface area (Å²) in [6.07, 6.45) is 6.81. The molecule has 0 bridgehead atoms. The summed E-state index contributed by atoms with van der Waals surface area (Å²) in [5.74, 6) is 3.09. The second-order valence-electron chi connectivity index (χ2n) is 7.57. The third-order valence-electron chi connectivity index (χ3n) is 4.54. The molecule has 1 heterocycles. The molecule has 1 aliphatic carbocycles. The minimum Gasteiger partial charge on any atom is -0.369 e. The summed E-state index contributed by atoms with van der Waals surface area (Å²) < 4.78 is 0. The van der Waals surface area contributed by atoms with E-state index in [1.54, 1.807) is 0 Å². The van der Waals surface area contributed by atoms with Crippen LogP contribution in [-0.4, -0.2) is 16.5 Å². The predicted molar refractivity (Wildman–Crippen MR) is 89.7 cm³/mol. The molecule has 1 fully saturated rings. The standard InChI is InChI=1S/C18H31N3/c1-13(2)11-18(8-6-7-9-18)12-19-16-10-15(5)20-17(21-16)14(3)4/h10,13-14H,6-9,11-12H2,1-5H3,(H,19,20,21). The van der Waals surface area contributed by atoms with E-state index in [0.29, 0.717) is 11.3 Å². The van der Waals surface area contributed by atoms with E-state index in [4.69, 9.17) is 0 Å². The van der Waals surface area contributed by atoms with E-state index in [2.05, 4.69) is 56.0 Å². The van der Waals surface area contributed by atoms with E-state index >= 15 is 0 Å². The van der Waals surface area contributed by atoms with Crippen molar-refractivity contribution in [1.29, 1.82) is 0 Å². The maximum absolute atomic E-state index is 4.68. The Morgan fingerprint density at radius 1 is 1.14 bits per heavy atom. The van der Waals surface area contributed by atoms with Crippen LogP contribution in [0, 0.1) is 18.3 Å². The SMILES string of the molecule is Cc1cc(NCC2(CC(C)C)CCCC2)nc(C(C)C)n1. The van der Waals surface area contributed by atoms with Crippen LogP contribution in [0.25, 0.3) is 0 Å². The summed E-state index contributed by atoms with van der Waals surface area (Å²) in [6.45, 7) is 12.1. The monoisotopic (exact) mass is 289 g/mol. The molecule has 0 saturated heterocycles. The molecule has 0 radical (unpaired) electrons. The second-order valence-corrected chi connectivity index (χ2v) is 7.57. The van der Waals surface area contributed by atoms with Gasteiger partial charge in [0.2, 0.25) is 0 Å². The van der Waals surface area contributed by atoms with Gasteiger partial charge in [0.1, 0.15) is 11.6 Å². The molecule has 0 unspecified atom stereocenters. The summed E-state index contributed by atoms with van der Waals surface area (Å²) in [6, 6.07) is 2.07. The highest BCUT2D eigenvalue weighted by molar-refractivity contribution is 5.36. The quantitative estimate of drug-likeness (QED) is 0.807. The molecule has 3 nitrogen and oxygen atoms in total. The van der Waals surface area contributed by atoms with Crippen LogP contribution in [0.5, 0.6) is 0 Å². The smallest absolute Gasteiger partial charge is 0.133 e. The van der Waals surface area contributed by atoms with Gasteiger partial charge in [-0.25, -0.2) is 9.97 Å². The average Bonchev–Trinajstić information content (AvgIpc) is 2.84. The van der Waals surface area contributed by atoms with Crippen molar-refractivity contribution in [2.45, 2.75) is 72.6 Å². The number of rotatable bonds is 6. The van der Waals surface area contributed by atoms with Gasteiger partial charge >= 0.3 is 0 Å². The third-order valence-corrected chi connectivity index (χ3v) is 4.54. The zero-order valence-electron chi connectivity index (χ0n) is 14.4. The summed E-state index contributed by atoms with van der Waals surface area (Å²) >= 11 is 0. The topological polar surface area (TPSA) is 37.8 Å². The number of aryl methyl sites for hydroxylation is 1. The Hall–Kier alpha value is -1.12. The number of aromatic nitrogens is 2. The first-order chi connectivity index (χ1) is 9.90.